The molecule has 1 aliphatic rings. The summed E-state index contributed by atoms with van der Waals surface area (Å²) in [5.41, 5.74) is 6.34. The average Bonchev–Trinajstić information content (AvgIpc) is 3.41. The maximum absolute atomic E-state index is 11.2. The minimum Gasteiger partial charge on any atom is -0.489 e. The van der Waals surface area contributed by atoms with E-state index in [2.05, 4.69) is 49.9 Å². The van der Waals surface area contributed by atoms with Crippen molar-refractivity contribution >= 4 is 17.8 Å². The normalized spacial score (nSPS) is 13.3. The van der Waals surface area contributed by atoms with E-state index in [-0.39, 0.29) is 30.3 Å². The average molecular weight is 518 g/mol. The van der Waals surface area contributed by atoms with Gasteiger partial charge in [-0.3, -0.25) is 4.79 Å². The number of hydrogen-bond donors (Lipinski definition) is 1. The molecule has 1 fully saturated rings. The zero-order valence-corrected chi connectivity index (χ0v) is 22.5. The molecule has 4 rings (SSSR count). The lowest BCUT2D eigenvalue weighted by Gasteiger charge is -2.29. The SMILES string of the molecule is CC(=O)OCCOc1ccc(-c2ccc(OC(=O)O)cc2)cc1-c1ccc(N2CCCC2)c(C(C)(C)C)c1. The molecule has 200 valence electrons. The molecule has 0 unspecified atom stereocenters. The Morgan fingerprint density at radius 2 is 1.53 bits per heavy atom. The van der Waals surface area contributed by atoms with Crippen LogP contribution < -0.4 is 14.4 Å². The number of carbonyl (C=O) groups excluding carboxylic acids is 1. The van der Waals surface area contributed by atoms with Gasteiger partial charge in [-0.25, -0.2) is 4.79 Å². The molecule has 3 aromatic rings. The molecule has 0 aromatic heterocycles. The first-order chi connectivity index (χ1) is 18.1. The Balaban J connectivity index is 1.74. The van der Waals surface area contributed by atoms with Gasteiger partial charge in [0.1, 0.15) is 24.7 Å². The summed E-state index contributed by atoms with van der Waals surface area (Å²) in [5, 5.41) is 8.87. The molecule has 0 spiro atoms. The van der Waals surface area contributed by atoms with Gasteiger partial charge in [-0.2, -0.15) is 0 Å². The minimum atomic E-state index is -1.35. The van der Waals surface area contributed by atoms with Crippen molar-refractivity contribution < 1.29 is 28.9 Å². The molecule has 3 aromatic carbocycles. The summed E-state index contributed by atoms with van der Waals surface area (Å²) in [6.45, 7) is 10.6. The Bertz CT molecular complexity index is 1290. The summed E-state index contributed by atoms with van der Waals surface area (Å²) in [5.74, 6) is 0.617. The lowest BCUT2D eigenvalue weighted by atomic mass is 9.83. The van der Waals surface area contributed by atoms with Crippen LogP contribution >= 0.6 is 0 Å². The fraction of sp³-hybridized carbons (Fsp3) is 0.355. The van der Waals surface area contributed by atoms with E-state index < -0.39 is 6.16 Å². The maximum atomic E-state index is 11.2. The third-order valence-electron chi connectivity index (χ3n) is 6.58. The van der Waals surface area contributed by atoms with Crippen molar-refractivity contribution in [3.05, 3.63) is 66.2 Å². The van der Waals surface area contributed by atoms with E-state index in [0.29, 0.717) is 5.75 Å². The predicted octanol–water partition coefficient (Wildman–Crippen LogP) is 6.92. The zero-order chi connectivity index (χ0) is 27.3. The Kier molecular flexibility index (Phi) is 8.25. The van der Waals surface area contributed by atoms with E-state index in [0.717, 1.165) is 35.3 Å². The number of esters is 1. The highest BCUT2D eigenvalue weighted by molar-refractivity contribution is 5.80. The molecule has 7 nitrogen and oxygen atoms in total. The summed E-state index contributed by atoms with van der Waals surface area (Å²) >= 11 is 0. The minimum absolute atomic E-state index is 0.0537. The van der Waals surface area contributed by atoms with Gasteiger partial charge in [-0.15, -0.1) is 0 Å². The third-order valence-corrected chi connectivity index (χ3v) is 6.58. The molecular formula is C31H35NO6. The van der Waals surface area contributed by atoms with Gasteiger partial charge in [0.15, 0.2) is 0 Å². The number of anilines is 1. The number of rotatable bonds is 8. The molecule has 1 saturated heterocycles. The van der Waals surface area contributed by atoms with Crippen molar-refractivity contribution in [3.8, 4) is 33.8 Å². The molecule has 1 aliphatic heterocycles. The standard InChI is InChI=1S/C31H35NO6/c1-21(33)36-17-18-37-29-14-10-23(22-7-11-25(12-8-22)38-30(34)35)19-26(29)24-9-13-28(32-15-5-6-16-32)27(20-24)31(2,3)4/h7-14,19-20H,5-6,15-18H2,1-4H3,(H,34,35). The maximum Gasteiger partial charge on any atom is 0.511 e. The lowest BCUT2D eigenvalue weighted by Crippen LogP contribution is -2.23. The van der Waals surface area contributed by atoms with Crippen LogP contribution in [0.25, 0.3) is 22.3 Å². The highest BCUT2D eigenvalue weighted by Crippen LogP contribution is 2.40. The van der Waals surface area contributed by atoms with Crippen LogP contribution in [0.4, 0.5) is 10.5 Å². The molecule has 0 amide bonds. The Morgan fingerprint density at radius 1 is 0.868 bits per heavy atom. The first kappa shape index (κ1) is 27.0. The van der Waals surface area contributed by atoms with Crippen molar-refractivity contribution in [1.29, 1.82) is 0 Å². The van der Waals surface area contributed by atoms with E-state index >= 15 is 0 Å². The smallest absolute Gasteiger partial charge is 0.489 e. The van der Waals surface area contributed by atoms with Crippen molar-refractivity contribution in [1.82, 2.24) is 0 Å². The topological polar surface area (TPSA) is 85.3 Å². The van der Waals surface area contributed by atoms with Crippen LogP contribution in [0.1, 0.15) is 46.1 Å². The van der Waals surface area contributed by atoms with Crippen LogP contribution in [0.2, 0.25) is 0 Å². The van der Waals surface area contributed by atoms with Crippen molar-refractivity contribution in [2.75, 3.05) is 31.2 Å². The molecular weight excluding hydrogens is 482 g/mol. The summed E-state index contributed by atoms with van der Waals surface area (Å²) in [4.78, 5) is 24.5. The van der Waals surface area contributed by atoms with E-state index in [4.69, 9.17) is 19.3 Å². The van der Waals surface area contributed by atoms with Crippen molar-refractivity contribution in [3.63, 3.8) is 0 Å². The number of ether oxygens (including phenoxy) is 3. The zero-order valence-electron chi connectivity index (χ0n) is 22.5. The van der Waals surface area contributed by atoms with Crippen LogP contribution in [0.15, 0.2) is 60.7 Å². The second kappa shape index (κ2) is 11.6. The fourth-order valence-electron chi connectivity index (χ4n) is 4.75. The molecule has 0 atom stereocenters. The van der Waals surface area contributed by atoms with Crippen LogP contribution in [0.5, 0.6) is 11.5 Å². The lowest BCUT2D eigenvalue weighted by molar-refractivity contribution is -0.141. The summed E-state index contributed by atoms with van der Waals surface area (Å²) in [7, 11) is 0. The molecule has 0 saturated carbocycles. The summed E-state index contributed by atoms with van der Waals surface area (Å²) in [6, 6.07) is 19.5. The van der Waals surface area contributed by atoms with E-state index in [1.807, 2.05) is 24.3 Å². The molecule has 0 bridgehead atoms. The third kappa shape index (κ3) is 6.65. The fourth-order valence-corrected chi connectivity index (χ4v) is 4.75. The number of carbonyl (C=O) groups is 2. The first-order valence-electron chi connectivity index (χ1n) is 12.9. The molecule has 1 N–H and O–H groups in total. The van der Waals surface area contributed by atoms with Crippen molar-refractivity contribution in [2.24, 2.45) is 0 Å². The Morgan fingerprint density at radius 3 is 2.16 bits per heavy atom. The molecule has 38 heavy (non-hydrogen) atoms. The van der Waals surface area contributed by atoms with Crippen LogP contribution in [-0.2, 0) is 14.9 Å². The van der Waals surface area contributed by atoms with Gasteiger partial charge in [0.2, 0.25) is 0 Å². The molecule has 0 radical (unpaired) electrons. The van der Waals surface area contributed by atoms with Crippen LogP contribution in [-0.4, -0.2) is 43.5 Å². The molecule has 7 heteroatoms. The molecule has 0 aliphatic carbocycles. The van der Waals surface area contributed by atoms with Gasteiger partial charge in [0.05, 0.1) is 0 Å². The van der Waals surface area contributed by atoms with Crippen LogP contribution in [0, 0.1) is 0 Å². The summed E-state index contributed by atoms with van der Waals surface area (Å²) in [6.07, 6.45) is 1.08. The predicted molar refractivity (Wildman–Crippen MR) is 148 cm³/mol. The van der Waals surface area contributed by atoms with E-state index in [1.165, 1.54) is 31.0 Å². The van der Waals surface area contributed by atoms with Crippen molar-refractivity contribution in [2.45, 2.75) is 46.0 Å². The highest BCUT2D eigenvalue weighted by atomic mass is 16.7. The van der Waals surface area contributed by atoms with Gasteiger partial charge in [0.25, 0.3) is 0 Å². The quantitative estimate of drug-likeness (QED) is 0.197. The number of hydrogen-bond acceptors (Lipinski definition) is 6. The second-order valence-electron chi connectivity index (χ2n) is 10.5. The highest BCUT2D eigenvalue weighted by Gasteiger charge is 2.24. The Labute approximate surface area is 224 Å². The van der Waals surface area contributed by atoms with Gasteiger partial charge >= 0.3 is 12.1 Å². The molecule has 1 heterocycles. The number of benzene rings is 3. The van der Waals surface area contributed by atoms with E-state index in [9.17, 15) is 9.59 Å². The largest absolute Gasteiger partial charge is 0.511 e. The Hall–Kier alpha value is -4.00. The van der Waals surface area contributed by atoms with Gasteiger partial charge in [-0.05, 0) is 76.9 Å². The number of nitrogens with zero attached hydrogens (tertiary/aromatic N) is 1. The van der Waals surface area contributed by atoms with E-state index in [1.54, 1.807) is 12.1 Å². The van der Waals surface area contributed by atoms with Crippen LogP contribution in [0.3, 0.4) is 0 Å². The monoisotopic (exact) mass is 517 g/mol. The first-order valence-corrected chi connectivity index (χ1v) is 12.9. The van der Waals surface area contributed by atoms with Gasteiger partial charge < -0.3 is 24.2 Å². The van der Waals surface area contributed by atoms with Gasteiger partial charge in [-0.1, -0.05) is 45.0 Å². The second-order valence-corrected chi connectivity index (χ2v) is 10.5. The summed E-state index contributed by atoms with van der Waals surface area (Å²) < 4.78 is 15.9. The number of carboxylic acid groups (broad SMARTS) is 1. The van der Waals surface area contributed by atoms with Gasteiger partial charge in [0, 0.05) is 31.3 Å².